The Bertz CT molecular complexity index is 420. The lowest BCUT2D eigenvalue weighted by atomic mass is 9.81. The highest BCUT2D eigenvalue weighted by atomic mass is 16.5. The third kappa shape index (κ3) is 9.90. The van der Waals surface area contributed by atoms with Gasteiger partial charge in [0.1, 0.15) is 6.61 Å². The summed E-state index contributed by atoms with van der Waals surface area (Å²) in [6.07, 6.45) is 5.09. The number of aliphatic hydroxyl groups excluding tert-OH is 1. The quantitative estimate of drug-likeness (QED) is 0.350. The van der Waals surface area contributed by atoms with Crippen molar-refractivity contribution in [3.63, 3.8) is 0 Å². The maximum Gasteiger partial charge on any atom is 0.309 e. The van der Waals surface area contributed by atoms with E-state index in [1.54, 1.807) is 6.92 Å². The van der Waals surface area contributed by atoms with Crippen molar-refractivity contribution in [2.45, 2.75) is 79.1 Å². The molecule has 0 bridgehead atoms. The third-order valence-corrected chi connectivity index (χ3v) is 5.14. The predicted octanol–water partition coefficient (Wildman–Crippen LogP) is 3.44. The molecule has 0 amide bonds. The molecule has 0 aliphatic heterocycles. The van der Waals surface area contributed by atoms with Crippen molar-refractivity contribution >= 4 is 17.7 Å². The van der Waals surface area contributed by atoms with Gasteiger partial charge in [0.15, 0.2) is 5.78 Å². The standard InChI is InChI=1S/C20H36O6/c1-5-20(6-2,7-3)15-26-19(24)16(4)13-17(22)14-25-18(23)11-9-8-10-12-21/h16,21H,5-15H2,1-4H3. The number of carbonyl (C=O) groups excluding carboxylic acids is 3. The zero-order chi connectivity index (χ0) is 20.0. The average Bonchev–Trinajstić information content (AvgIpc) is 2.64. The first kappa shape index (κ1) is 24.6. The fourth-order valence-electron chi connectivity index (χ4n) is 2.70. The van der Waals surface area contributed by atoms with Gasteiger partial charge in [-0.3, -0.25) is 14.4 Å². The molecule has 0 aromatic carbocycles. The van der Waals surface area contributed by atoms with Crippen molar-refractivity contribution < 1.29 is 29.0 Å². The van der Waals surface area contributed by atoms with E-state index in [1.807, 2.05) is 0 Å². The molecule has 6 nitrogen and oxygen atoms in total. The van der Waals surface area contributed by atoms with E-state index < -0.39 is 11.9 Å². The van der Waals surface area contributed by atoms with Crippen LogP contribution in [0.4, 0.5) is 0 Å². The van der Waals surface area contributed by atoms with Crippen LogP contribution < -0.4 is 0 Å². The van der Waals surface area contributed by atoms with Crippen molar-refractivity contribution in [3.8, 4) is 0 Å². The molecule has 0 radical (unpaired) electrons. The van der Waals surface area contributed by atoms with Crippen molar-refractivity contribution in [2.75, 3.05) is 19.8 Å². The zero-order valence-corrected chi connectivity index (χ0v) is 16.8. The highest BCUT2D eigenvalue weighted by Gasteiger charge is 2.27. The van der Waals surface area contributed by atoms with Gasteiger partial charge < -0.3 is 14.6 Å². The molecule has 0 fully saturated rings. The maximum atomic E-state index is 12.1. The Labute approximate surface area is 157 Å². The van der Waals surface area contributed by atoms with E-state index in [0.29, 0.717) is 19.4 Å². The summed E-state index contributed by atoms with van der Waals surface area (Å²) < 4.78 is 10.4. The molecule has 0 spiro atoms. The normalized spacial score (nSPS) is 12.5. The Morgan fingerprint density at radius 3 is 2.12 bits per heavy atom. The first-order valence-corrected chi connectivity index (χ1v) is 9.78. The van der Waals surface area contributed by atoms with Crippen molar-refractivity contribution in [1.82, 2.24) is 0 Å². The van der Waals surface area contributed by atoms with Crippen molar-refractivity contribution in [2.24, 2.45) is 11.3 Å². The molecule has 6 heteroatoms. The van der Waals surface area contributed by atoms with Crippen LogP contribution in [0, 0.1) is 11.3 Å². The number of Topliss-reactive ketones (excluding diaryl/α,β-unsaturated/α-hetero) is 1. The van der Waals surface area contributed by atoms with E-state index in [0.717, 1.165) is 25.7 Å². The fraction of sp³-hybridized carbons (Fsp3) is 0.850. The van der Waals surface area contributed by atoms with Crippen LogP contribution in [0.1, 0.15) is 79.1 Å². The van der Waals surface area contributed by atoms with Gasteiger partial charge in [-0.1, -0.05) is 34.1 Å². The van der Waals surface area contributed by atoms with Gasteiger partial charge in [0.05, 0.1) is 12.5 Å². The number of ether oxygens (including phenoxy) is 2. The molecule has 0 aliphatic carbocycles. The summed E-state index contributed by atoms with van der Waals surface area (Å²) in [5.41, 5.74) is 0.00491. The number of aliphatic hydroxyl groups is 1. The highest BCUT2D eigenvalue weighted by Crippen LogP contribution is 2.30. The zero-order valence-electron chi connectivity index (χ0n) is 16.8. The summed E-state index contributed by atoms with van der Waals surface area (Å²) in [5, 5.41) is 8.66. The maximum absolute atomic E-state index is 12.1. The summed E-state index contributed by atoms with van der Waals surface area (Å²) in [4.78, 5) is 35.5. The molecule has 0 aliphatic rings. The van der Waals surface area contributed by atoms with E-state index in [1.165, 1.54) is 0 Å². The Kier molecular flexibility index (Phi) is 13.0. The van der Waals surface area contributed by atoms with Crippen LogP contribution in [0.5, 0.6) is 0 Å². The molecule has 0 aromatic rings. The van der Waals surface area contributed by atoms with Crippen LogP contribution in [0.25, 0.3) is 0 Å². The van der Waals surface area contributed by atoms with Crippen LogP contribution in [0.15, 0.2) is 0 Å². The van der Waals surface area contributed by atoms with Crippen LogP contribution in [0.3, 0.4) is 0 Å². The number of rotatable bonds is 15. The van der Waals surface area contributed by atoms with Gasteiger partial charge in [0.25, 0.3) is 0 Å². The van der Waals surface area contributed by atoms with Gasteiger partial charge in [-0.25, -0.2) is 0 Å². The Morgan fingerprint density at radius 1 is 0.962 bits per heavy atom. The molecule has 1 N–H and O–H groups in total. The molecular weight excluding hydrogens is 336 g/mol. The molecular formula is C20H36O6. The molecule has 1 unspecified atom stereocenters. The van der Waals surface area contributed by atoms with E-state index in [2.05, 4.69) is 20.8 Å². The third-order valence-electron chi connectivity index (χ3n) is 5.14. The monoisotopic (exact) mass is 372 g/mol. The number of ketones is 1. The Morgan fingerprint density at radius 2 is 1.58 bits per heavy atom. The van der Waals surface area contributed by atoms with Gasteiger partial charge in [0, 0.05) is 24.9 Å². The molecule has 152 valence electrons. The van der Waals surface area contributed by atoms with E-state index >= 15 is 0 Å². The first-order valence-electron chi connectivity index (χ1n) is 9.78. The lowest BCUT2D eigenvalue weighted by Crippen LogP contribution is -2.29. The van der Waals surface area contributed by atoms with Gasteiger partial charge in [0.2, 0.25) is 0 Å². The lowest BCUT2D eigenvalue weighted by molar-refractivity contribution is -0.154. The summed E-state index contributed by atoms with van der Waals surface area (Å²) in [5.74, 6) is -1.64. The number of hydrogen-bond acceptors (Lipinski definition) is 6. The van der Waals surface area contributed by atoms with Crippen LogP contribution in [-0.2, 0) is 23.9 Å². The first-order chi connectivity index (χ1) is 12.3. The number of hydrogen-bond donors (Lipinski definition) is 1. The minimum absolute atomic E-state index is 0.00491. The SMILES string of the molecule is CCC(CC)(CC)COC(=O)C(C)CC(=O)COC(=O)CCCCCO. The van der Waals surface area contributed by atoms with Gasteiger partial charge in [-0.05, 0) is 32.1 Å². The number of esters is 2. The Balaban J connectivity index is 4.13. The summed E-state index contributed by atoms with van der Waals surface area (Å²) >= 11 is 0. The van der Waals surface area contributed by atoms with Gasteiger partial charge in [-0.2, -0.15) is 0 Å². The minimum atomic E-state index is -0.547. The molecule has 0 saturated heterocycles. The topological polar surface area (TPSA) is 89.9 Å². The number of unbranched alkanes of at least 4 members (excludes halogenated alkanes) is 2. The highest BCUT2D eigenvalue weighted by molar-refractivity contribution is 5.86. The molecule has 0 rings (SSSR count). The molecule has 0 saturated carbocycles. The molecule has 26 heavy (non-hydrogen) atoms. The van der Waals surface area contributed by atoms with E-state index in [4.69, 9.17) is 14.6 Å². The van der Waals surface area contributed by atoms with Crippen molar-refractivity contribution in [1.29, 1.82) is 0 Å². The predicted molar refractivity (Wildman–Crippen MR) is 99.6 cm³/mol. The summed E-state index contributed by atoms with van der Waals surface area (Å²) in [7, 11) is 0. The van der Waals surface area contributed by atoms with E-state index in [9.17, 15) is 14.4 Å². The average molecular weight is 373 g/mol. The van der Waals surface area contributed by atoms with Gasteiger partial charge in [-0.15, -0.1) is 0 Å². The fourth-order valence-corrected chi connectivity index (χ4v) is 2.70. The second kappa shape index (κ2) is 13.7. The van der Waals surface area contributed by atoms with Gasteiger partial charge >= 0.3 is 11.9 Å². The lowest BCUT2D eigenvalue weighted by Gasteiger charge is -2.30. The second-order valence-electron chi connectivity index (χ2n) is 7.01. The number of carbonyl (C=O) groups is 3. The van der Waals surface area contributed by atoms with Crippen LogP contribution in [-0.4, -0.2) is 42.6 Å². The smallest absolute Gasteiger partial charge is 0.309 e. The van der Waals surface area contributed by atoms with E-state index in [-0.39, 0.29) is 43.2 Å². The summed E-state index contributed by atoms with van der Waals surface area (Å²) in [6, 6.07) is 0. The molecule has 0 heterocycles. The Hall–Kier alpha value is -1.43. The summed E-state index contributed by atoms with van der Waals surface area (Å²) in [6.45, 7) is 8.10. The minimum Gasteiger partial charge on any atom is -0.465 e. The molecule has 0 aromatic heterocycles. The van der Waals surface area contributed by atoms with Crippen molar-refractivity contribution in [3.05, 3.63) is 0 Å². The second-order valence-corrected chi connectivity index (χ2v) is 7.01. The van der Waals surface area contributed by atoms with Crippen LogP contribution in [0.2, 0.25) is 0 Å². The largest absolute Gasteiger partial charge is 0.465 e. The van der Waals surface area contributed by atoms with Crippen LogP contribution >= 0.6 is 0 Å². The molecule has 1 atom stereocenters.